The molecule has 0 aliphatic heterocycles. The van der Waals surface area contributed by atoms with Crippen LogP contribution in [0, 0.1) is 6.92 Å². The molecule has 0 fully saturated rings. The van der Waals surface area contributed by atoms with Gasteiger partial charge in [0.2, 0.25) is 0 Å². The molecular weight excluding hydrogens is 655 g/mol. The molecule has 0 heterocycles. The van der Waals surface area contributed by atoms with E-state index >= 15 is 0 Å². The molecule has 2 nitrogen and oxygen atoms in total. The van der Waals surface area contributed by atoms with Crippen LogP contribution in [-0.2, 0) is 11.8 Å². The Labute approximate surface area is 322 Å². The predicted molar refractivity (Wildman–Crippen MR) is 232 cm³/mol. The molecule has 272 valence electrons. The number of nitrogens with two attached hydrogens (primary N) is 1. The lowest BCUT2D eigenvalue weighted by atomic mass is 9.67. The van der Waals surface area contributed by atoms with Crippen molar-refractivity contribution >= 4 is 27.1 Å². The summed E-state index contributed by atoms with van der Waals surface area (Å²) in [4.78, 5) is 0. The van der Waals surface area contributed by atoms with Gasteiger partial charge in [-0.3, -0.25) is 0 Å². The normalized spacial score (nSPS) is 15.5. The van der Waals surface area contributed by atoms with Crippen molar-refractivity contribution in [2.75, 3.05) is 0 Å². The van der Waals surface area contributed by atoms with Gasteiger partial charge in [-0.25, -0.2) is 0 Å². The van der Waals surface area contributed by atoms with Gasteiger partial charge in [0.25, 0.3) is 0 Å². The molecule has 0 saturated carbocycles. The van der Waals surface area contributed by atoms with Crippen molar-refractivity contribution in [1.29, 1.82) is 0 Å². The monoisotopic (exact) mass is 707 g/mol. The summed E-state index contributed by atoms with van der Waals surface area (Å²) in [6.45, 7) is 12.3. The highest BCUT2D eigenvalue weighted by atomic mass is 16.3. The molecule has 6 aromatic rings. The largest absolute Gasteiger partial charge is 0.391 e. The fourth-order valence-electron chi connectivity index (χ4n) is 9.00. The summed E-state index contributed by atoms with van der Waals surface area (Å²) in [5.41, 5.74) is 20.5. The van der Waals surface area contributed by atoms with E-state index < -0.39 is 12.1 Å². The highest BCUT2D eigenvalue weighted by molar-refractivity contribution is 6.17. The van der Waals surface area contributed by atoms with Crippen molar-refractivity contribution in [2.24, 2.45) is 5.73 Å². The molecule has 2 unspecified atom stereocenters. The topological polar surface area (TPSA) is 46.2 Å². The van der Waals surface area contributed by atoms with E-state index in [4.69, 9.17) is 5.73 Å². The number of aliphatic hydroxyl groups is 1. The van der Waals surface area contributed by atoms with Gasteiger partial charge in [-0.15, -0.1) is 0 Å². The molecule has 0 radical (unpaired) electrons. The van der Waals surface area contributed by atoms with Crippen molar-refractivity contribution in [2.45, 2.75) is 77.4 Å². The second-order valence-electron chi connectivity index (χ2n) is 14.6. The van der Waals surface area contributed by atoms with Crippen LogP contribution in [0.5, 0.6) is 0 Å². The first-order chi connectivity index (χ1) is 26.4. The molecule has 54 heavy (non-hydrogen) atoms. The lowest BCUT2D eigenvalue weighted by molar-refractivity contribution is 0.155. The third-order valence-corrected chi connectivity index (χ3v) is 11.5. The average molecular weight is 708 g/mol. The molecule has 3 aliphatic rings. The van der Waals surface area contributed by atoms with Gasteiger partial charge >= 0.3 is 0 Å². The van der Waals surface area contributed by atoms with Gasteiger partial charge in [-0.05, 0) is 111 Å². The molecule has 1 spiro atoms. The van der Waals surface area contributed by atoms with Crippen LogP contribution in [0.25, 0.3) is 38.2 Å². The van der Waals surface area contributed by atoms with Crippen molar-refractivity contribution in [3.8, 4) is 11.1 Å². The summed E-state index contributed by atoms with van der Waals surface area (Å²) in [5.74, 6) is 0. The Morgan fingerprint density at radius 3 is 2.04 bits per heavy atom. The van der Waals surface area contributed by atoms with Crippen LogP contribution in [0.4, 0.5) is 0 Å². The highest BCUT2D eigenvalue weighted by Crippen LogP contribution is 2.63. The van der Waals surface area contributed by atoms with Crippen LogP contribution in [0.3, 0.4) is 0 Å². The standard InChI is InChI=1S/C37H35NO.C13H12.C2H6/c1-3-4-5-11-23(2)36(38)32(39)22-26-14-10-17-29-33(26)27-15-6-7-16-28(27)37(29)30-18-8-12-24-20-21-25-13-9-19-31(37)35(25)34(24)30;1-11-7-9-13(10-8-11)12-5-3-2-4-6-12;1-2/h3-4,6,8-10,12-15,17-21,32,36,39H,2,5,7,11,16,22,38H2,1H3;2-10H,1H3;1-2H3/b4-3-;;. The second-order valence-corrected chi connectivity index (χ2v) is 14.6. The van der Waals surface area contributed by atoms with E-state index in [2.05, 4.69) is 147 Å². The zero-order chi connectivity index (χ0) is 37.8. The van der Waals surface area contributed by atoms with E-state index in [1.54, 1.807) is 0 Å². The number of hydrogen-bond acceptors (Lipinski definition) is 2. The number of fused-ring (bicyclic) bond motifs is 6. The smallest absolute Gasteiger partial charge is 0.0769 e. The Bertz CT molecular complexity index is 2330. The summed E-state index contributed by atoms with van der Waals surface area (Å²) in [6, 6.07) is 43.5. The maximum atomic E-state index is 11.3. The highest BCUT2D eigenvalue weighted by Gasteiger charge is 2.52. The van der Waals surface area contributed by atoms with Crippen LogP contribution in [0.2, 0.25) is 0 Å². The number of benzene rings is 6. The van der Waals surface area contributed by atoms with Crippen LogP contribution >= 0.6 is 0 Å². The van der Waals surface area contributed by atoms with Gasteiger partial charge in [0, 0.05) is 6.42 Å². The predicted octanol–water partition coefficient (Wildman–Crippen LogP) is 12.6. The molecule has 0 amide bonds. The summed E-state index contributed by atoms with van der Waals surface area (Å²) >= 11 is 0. The first-order valence-corrected chi connectivity index (χ1v) is 19.8. The average Bonchev–Trinajstić information content (AvgIpc) is 3.70. The minimum Gasteiger partial charge on any atom is -0.391 e. The van der Waals surface area contributed by atoms with Crippen molar-refractivity contribution in [1.82, 2.24) is 0 Å². The summed E-state index contributed by atoms with van der Waals surface area (Å²) in [6.07, 6.45) is 12.4. The molecule has 3 N–H and O–H groups in total. The Morgan fingerprint density at radius 2 is 1.39 bits per heavy atom. The number of hydrogen-bond donors (Lipinski definition) is 2. The fourth-order valence-corrected chi connectivity index (χ4v) is 9.00. The van der Waals surface area contributed by atoms with Crippen LogP contribution < -0.4 is 5.73 Å². The van der Waals surface area contributed by atoms with E-state index in [1.165, 1.54) is 77.2 Å². The van der Waals surface area contributed by atoms with Gasteiger partial charge in [-0.2, -0.15) is 0 Å². The SMILES string of the molecule is C=C(CC/C=C\C)C(N)C(O)Cc1cccc2c1C1=C(CCC=C1)C21c2cccc3ccc4cccc1c4c23.CC.Cc1ccc(-c2ccccc2)cc1. The molecule has 3 aliphatic carbocycles. The number of aliphatic hydroxyl groups excluding tert-OH is 1. The second kappa shape index (κ2) is 16.0. The fraction of sp³-hybridized carbons (Fsp3) is 0.231. The van der Waals surface area contributed by atoms with Crippen LogP contribution in [0.15, 0.2) is 163 Å². The molecule has 2 atom stereocenters. The van der Waals surface area contributed by atoms with Crippen LogP contribution in [0.1, 0.15) is 79.8 Å². The molecule has 0 bridgehead atoms. The van der Waals surface area contributed by atoms with E-state index in [-0.39, 0.29) is 5.41 Å². The third-order valence-electron chi connectivity index (χ3n) is 11.5. The zero-order valence-electron chi connectivity index (χ0n) is 32.3. The molecule has 2 heteroatoms. The van der Waals surface area contributed by atoms with Gasteiger partial charge in [0.05, 0.1) is 17.6 Å². The van der Waals surface area contributed by atoms with Gasteiger partial charge in [-0.1, -0.05) is 177 Å². The molecule has 0 aromatic heterocycles. The molecular formula is C52H53NO. The number of rotatable bonds is 8. The number of aryl methyl sites for hydroxylation is 1. The van der Waals surface area contributed by atoms with Crippen molar-refractivity contribution in [3.63, 3.8) is 0 Å². The lowest BCUT2D eigenvalue weighted by Crippen LogP contribution is -2.37. The van der Waals surface area contributed by atoms with Gasteiger partial charge in [0.1, 0.15) is 0 Å². The maximum absolute atomic E-state index is 11.3. The molecule has 0 saturated heterocycles. The third kappa shape index (κ3) is 6.38. The zero-order valence-corrected chi connectivity index (χ0v) is 32.3. The first kappa shape index (κ1) is 37.1. The van der Waals surface area contributed by atoms with Gasteiger partial charge < -0.3 is 10.8 Å². The Kier molecular flexibility index (Phi) is 11.0. The Hall–Kier alpha value is -5.28. The Balaban J connectivity index is 0.000000252. The van der Waals surface area contributed by atoms with E-state index in [1.807, 2.05) is 32.9 Å². The molecule has 9 rings (SSSR count). The summed E-state index contributed by atoms with van der Waals surface area (Å²) in [7, 11) is 0. The van der Waals surface area contributed by atoms with Crippen LogP contribution in [-0.4, -0.2) is 17.3 Å². The first-order valence-electron chi connectivity index (χ1n) is 19.8. The van der Waals surface area contributed by atoms with Gasteiger partial charge in [0.15, 0.2) is 0 Å². The lowest BCUT2D eigenvalue weighted by Gasteiger charge is -2.34. The number of allylic oxidation sites excluding steroid dienone is 6. The summed E-state index contributed by atoms with van der Waals surface area (Å²) < 4.78 is 0. The minimum atomic E-state index is -0.685. The molecule has 6 aromatic carbocycles. The maximum Gasteiger partial charge on any atom is 0.0769 e. The van der Waals surface area contributed by atoms with E-state index in [0.717, 1.165) is 31.3 Å². The van der Waals surface area contributed by atoms with E-state index in [0.29, 0.717) is 6.42 Å². The van der Waals surface area contributed by atoms with Crippen molar-refractivity contribution in [3.05, 3.63) is 197 Å². The minimum absolute atomic E-state index is 0.294. The van der Waals surface area contributed by atoms with E-state index in [9.17, 15) is 5.11 Å². The Morgan fingerprint density at radius 1 is 0.778 bits per heavy atom. The quantitative estimate of drug-likeness (QED) is 0.122. The van der Waals surface area contributed by atoms with Crippen molar-refractivity contribution < 1.29 is 5.11 Å². The summed E-state index contributed by atoms with van der Waals surface area (Å²) in [5, 5.41) is 16.7.